The number of carbonyl (C=O) groups is 1. The van der Waals surface area contributed by atoms with Crippen molar-refractivity contribution in [3.05, 3.63) is 47.8 Å². The monoisotopic (exact) mass is 540 g/mol. The van der Waals surface area contributed by atoms with Crippen molar-refractivity contribution >= 4 is 36.0 Å². The molecule has 0 spiro atoms. The van der Waals surface area contributed by atoms with Gasteiger partial charge in [0.25, 0.3) is 0 Å². The van der Waals surface area contributed by atoms with Gasteiger partial charge in [-0.25, -0.2) is 9.48 Å². The summed E-state index contributed by atoms with van der Waals surface area (Å²) in [6.07, 6.45) is 2.44. The Morgan fingerprint density at radius 3 is 2.68 bits per heavy atom. The second kappa shape index (κ2) is 10.8. The lowest BCUT2D eigenvalue weighted by Gasteiger charge is -2.23. The number of ether oxygens (including phenoxy) is 1. The Labute approximate surface area is 201 Å². The smallest absolute Gasteiger partial charge is 0.407 e. The van der Waals surface area contributed by atoms with E-state index in [9.17, 15) is 4.79 Å². The number of halogens is 1. The molecule has 2 aromatic rings. The Balaban J connectivity index is 0.00000341. The molecule has 0 bridgehead atoms. The zero-order chi connectivity index (χ0) is 21.7. The number of para-hydroxylation sites is 1. The lowest BCUT2D eigenvalue weighted by molar-refractivity contribution is 0.0507. The van der Waals surface area contributed by atoms with E-state index in [2.05, 4.69) is 37.8 Å². The van der Waals surface area contributed by atoms with Crippen LogP contribution in [0.3, 0.4) is 0 Å². The van der Waals surface area contributed by atoms with E-state index in [1.807, 2.05) is 56.8 Å². The summed E-state index contributed by atoms with van der Waals surface area (Å²) in [4.78, 5) is 18.6. The molecule has 9 heteroatoms. The van der Waals surface area contributed by atoms with Crippen molar-refractivity contribution in [2.24, 2.45) is 4.99 Å². The van der Waals surface area contributed by atoms with Crippen molar-refractivity contribution in [3.8, 4) is 5.69 Å². The molecule has 1 fully saturated rings. The average molecular weight is 540 g/mol. The van der Waals surface area contributed by atoms with Crippen LogP contribution in [-0.2, 0) is 11.3 Å². The van der Waals surface area contributed by atoms with Crippen LogP contribution in [0.25, 0.3) is 5.69 Å². The normalized spacial score (nSPS) is 16.6. The molecule has 0 unspecified atom stereocenters. The number of aliphatic imine (C=N–C) groups is 1. The summed E-state index contributed by atoms with van der Waals surface area (Å²) in [5, 5.41) is 10.9. The maximum Gasteiger partial charge on any atom is 0.407 e. The largest absolute Gasteiger partial charge is 0.444 e. The molecule has 31 heavy (non-hydrogen) atoms. The molecule has 1 atom stereocenters. The molecule has 0 saturated carbocycles. The Bertz CT molecular complexity index is 905. The van der Waals surface area contributed by atoms with E-state index in [1.54, 1.807) is 7.05 Å². The van der Waals surface area contributed by atoms with Crippen LogP contribution in [0.1, 0.15) is 38.4 Å². The number of aryl methyl sites for hydroxylation is 1. The van der Waals surface area contributed by atoms with Crippen LogP contribution < -0.4 is 10.6 Å². The lowest BCUT2D eigenvalue weighted by Crippen LogP contribution is -2.44. The Kier molecular flexibility index (Phi) is 8.72. The topological polar surface area (TPSA) is 83.8 Å². The summed E-state index contributed by atoms with van der Waals surface area (Å²) < 4.78 is 7.26. The van der Waals surface area contributed by atoms with E-state index in [4.69, 9.17) is 4.74 Å². The first-order valence-electron chi connectivity index (χ1n) is 10.3. The number of likely N-dealkylation sites (tertiary alicyclic amines) is 1. The summed E-state index contributed by atoms with van der Waals surface area (Å²) in [6.45, 7) is 9.71. The number of hydrogen-bond donors (Lipinski definition) is 2. The van der Waals surface area contributed by atoms with Crippen molar-refractivity contribution in [3.63, 3.8) is 0 Å². The summed E-state index contributed by atoms with van der Waals surface area (Å²) in [5.74, 6) is 0.815. The van der Waals surface area contributed by atoms with E-state index in [1.165, 1.54) is 0 Å². The maximum atomic E-state index is 12.0. The fourth-order valence-corrected chi connectivity index (χ4v) is 3.48. The molecular formula is C22H33IN6O2. The van der Waals surface area contributed by atoms with Gasteiger partial charge in [-0.3, -0.25) is 4.99 Å². The number of guanidine groups is 1. The van der Waals surface area contributed by atoms with Crippen LogP contribution in [0, 0.1) is 6.92 Å². The number of alkyl carbamates (subject to hydrolysis) is 1. The minimum atomic E-state index is -0.500. The van der Waals surface area contributed by atoms with Crippen LogP contribution in [0.2, 0.25) is 0 Å². The Hall–Kier alpha value is -2.30. The van der Waals surface area contributed by atoms with E-state index in [-0.39, 0.29) is 36.1 Å². The number of benzene rings is 1. The molecule has 3 rings (SSSR count). The van der Waals surface area contributed by atoms with E-state index >= 15 is 0 Å². The van der Waals surface area contributed by atoms with Gasteiger partial charge in [0.05, 0.1) is 17.4 Å². The van der Waals surface area contributed by atoms with Crippen molar-refractivity contribution in [1.82, 2.24) is 25.3 Å². The SMILES string of the molecule is CN=C(NCc1ccccc1-n1ccc(C)n1)N1CC[C@@H](NC(=O)OC(C)(C)C)C1.I. The van der Waals surface area contributed by atoms with Crippen molar-refractivity contribution in [2.75, 3.05) is 20.1 Å². The highest BCUT2D eigenvalue weighted by atomic mass is 127. The highest BCUT2D eigenvalue weighted by molar-refractivity contribution is 14.0. The highest BCUT2D eigenvalue weighted by Crippen LogP contribution is 2.15. The molecule has 0 radical (unpaired) electrons. The van der Waals surface area contributed by atoms with Gasteiger partial charge in [-0.2, -0.15) is 5.10 Å². The van der Waals surface area contributed by atoms with Gasteiger partial charge in [-0.15, -0.1) is 24.0 Å². The number of nitrogens with zero attached hydrogens (tertiary/aromatic N) is 4. The number of rotatable bonds is 4. The fourth-order valence-electron chi connectivity index (χ4n) is 3.48. The summed E-state index contributed by atoms with van der Waals surface area (Å²) in [6, 6.07) is 10.2. The van der Waals surface area contributed by atoms with Gasteiger partial charge < -0.3 is 20.3 Å². The molecule has 0 aliphatic carbocycles. The molecule has 1 aromatic heterocycles. The van der Waals surface area contributed by atoms with Gasteiger partial charge in [0, 0.05) is 32.9 Å². The predicted octanol–water partition coefficient (Wildman–Crippen LogP) is 3.47. The Morgan fingerprint density at radius 1 is 1.29 bits per heavy atom. The summed E-state index contributed by atoms with van der Waals surface area (Å²) >= 11 is 0. The first-order chi connectivity index (χ1) is 14.2. The molecule has 2 N–H and O–H groups in total. The molecule has 1 aliphatic rings. The summed E-state index contributed by atoms with van der Waals surface area (Å²) in [5.41, 5.74) is 2.65. The van der Waals surface area contributed by atoms with Crippen LogP contribution in [0.4, 0.5) is 4.79 Å². The van der Waals surface area contributed by atoms with Gasteiger partial charge in [0.15, 0.2) is 5.96 Å². The predicted molar refractivity (Wildman–Crippen MR) is 133 cm³/mol. The molecule has 2 heterocycles. The number of hydrogen-bond acceptors (Lipinski definition) is 4. The van der Waals surface area contributed by atoms with E-state index in [0.29, 0.717) is 13.1 Å². The molecule has 1 aromatic carbocycles. The van der Waals surface area contributed by atoms with Crippen LogP contribution >= 0.6 is 24.0 Å². The van der Waals surface area contributed by atoms with Crippen LogP contribution in [0.5, 0.6) is 0 Å². The second-order valence-electron chi connectivity index (χ2n) is 8.51. The molecule has 170 valence electrons. The van der Waals surface area contributed by atoms with Crippen molar-refractivity contribution in [1.29, 1.82) is 0 Å². The second-order valence-corrected chi connectivity index (χ2v) is 8.51. The van der Waals surface area contributed by atoms with Gasteiger partial charge in [-0.05, 0) is 51.8 Å². The third kappa shape index (κ3) is 7.12. The average Bonchev–Trinajstić information content (AvgIpc) is 3.30. The summed E-state index contributed by atoms with van der Waals surface area (Å²) in [7, 11) is 1.78. The van der Waals surface area contributed by atoms with Crippen molar-refractivity contribution < 1.29 is 9.53 Å². The van der Waals surface area contributed by atoms with E-state index < -0.39 is 5.60 Å². The first-order valence-corrected chi connectivity index (χ1v) is 10.3. The number of amides is 1. The number of carbonyl (C=O) groups excluding carboxylic acids is 1. The van der Waals surface area contributed by atoms with Gasteiger partial charge in [0.2, 0.25) is 0 Å². The van der Waals surface area contributed by atoms with Crippen LogP contribution in [0.15, 0.2) is 41.5 Å². The van der Waals surface area contributed by atoms with Gasteiger partial charge in [-0.1, -0.05) is 18.2 Å². The van der Waals surface area contributed by atoms with Gasteiger partial charge >= 0.3 is 6.09 Å². The third-order valence-corrected chi connectivity index (χ3v) is 4.82. The number of aromatic nitrogens is 2. The zero-order valence-electron chi connectivity index (χ0n) is 18.9. The molecule has 1 amide bonds. The van der Waals surface area contributed by atoms with Crippen LogP contribution in [-0.4, -0.2) is 58.5 Å². The van der Waals surface area contributed by atoms with E-state index in [0.717, 1.165) is 35.9 Å². The highest BCUT2D eigenvalue weighted by Gasteiger charge is 2.27. The minimum absolute atomic E-state index is 0. The molecule has 1 aliphatic heterocycles. The van der Waals surface area contributed by atoms with Gasteiger partial charge in [0.1, 0.15) is 5.60 Å². The molecular weight excluding hydrogens is 507 g/mol. The first kappa shape index (κ1) is 25.0. The third-order valence-electron chi connectivity index (χ3n) is 4.82. The number of nitrogens with one attached hydrogen (secondary N) is 2. The minimum Gasteiger partial charge on any atom is -0.444 e. The fraction of sp³-hybridized carbons (Fsp3) is 0.500. The van der Waals surface area contributed by atoms with Crippen molar-refractivity contribution in [2.45, 2.75) is 52.3 Å². The Morgan fingerprint density at radius 2 is 2.03 bits per heavy atom. The maximum absolute atomic E-state index is 12.0. The lowest BCUT2D eigenvalue weighted by atomic mass is 10.2. The molecule has 8 nitrogen and oxygen atoms in total. The standard InChI is InChI=1S/C22H32N6O2.HI/c1-16-10-13-28(26-16)19-9-7-6-8-17(19)14-24-20(23-5)27-12-11-18(15-27)25-21(29)30-22(2,3)4;/h6-10,13,18H,11-12,14-15H2,1-5H3,(H,23,24)(H,25,29);1H/t18-;/m1./s1. The zero-order valence-corrected chi connectivity index (χ0v) is 21.2. The molecule has 1 saturated heterocycles. The quantitative estimate of drug-likeness (QED) is 0.353.